The summed E-state index contributed by atoms with van der Waals surface area (Å²) in [6.07, 6.45) is 0. The van der Waals surface area contributed by atoms with Crippen molar-refractivity contribution in [2.24, 2.45) is 0 Å². The molecule has 0 aliphatic carbocycles. The van der Waals surface area contributed by atoms with Crippen LogP contribution in [0, 0.1) is 0 Å². The molecule has 0 rings (SSSR count). The summed E-state index contributed by atoms with van der Waals surface area (Å²) in [7, 11) is 3.35. The summed E-state index contributed by atoms with van der Waals surface area (Å²) >= 11 is -5.19. The molecule has 0 saturated carbocycles. The molecule has 3 nitrogen and oxygen atoms in total. The minimum absolute atomic E-state index is 0. The molecule has 0 saturated heterocycles. The molecule has 0 aromatic heterocycles. The molecule has 0 fully saturated rings. The molecule has 0 radical (unpaired) electrons. The molecule has 0 unspecified atom stereocenters. The van der Waals surface area contributed by atoms with Gasteiger partial charge in [-0.3, -0.25) is 0 Å². The van der Waals surface area contributed by atoms with Crippen LogP contribution >= 0.6 is 9.34 Å². The van der Waals surface area contributed by atoms with Crippen LogP contribution in [0.4, 0.5) is 0 Å². The molecule has 7 heteroatoms. The molecular formula is Li2O3STe. The first-order valence-corrected chi connectivity index (χ1v) is 6.71. The van der Waals surface area contributed by atoms with Gasteiger partial charge < -0.3 is 0 Å². The largest absolute Gasteiger partial charge is 1.00 e. The van der Waals surface area contributed by atoms with Gasteiger partial charge in [0.25, 0.3) is 0 Å². The van der Waals surface area contributed by atoms with E-state index < -0.39 is 17.1 Å². The minimum Gasteiger partial charge on any atom is 1.00 e. The molecule has 0 bridgehead atoms. The maximum atomic E-state index is 9.00. The molecule has 0 aromatic rings. The third-order valence-corrected chi connectivity index (χ3v) is 0. The van der Waals surface area contributed by atoms with Crippen molar-refractivity contribution >= 4 is 26.4 Å². The first-order valence-electron chi connectivity index (χ1n) is 0.667. The van der Waals surface area contributed by atoms with Crippen LogP contribution in [0.5, 0.6) is 0 Å². The number of hydrogen-bond acceptors (Lipinski definition) is 4. The van der Waals surface area contributed by atoms with Crippen molar-refractivity contribution in [3.8, 4) is 0 Å². The number of hydrogen-bond donors (Lipinski definition) is 0. The van der Waals surface area contributed by atoms with Crippen molar-refractivity contribution in [1.82, 2.24) is 0 Å². The van der Waals surface area contributed by atoms with Crippen LogP contribution in [-0.4, -0.2) is 17.1 Å². The van der Waals surface area contributed by atoms with E-state index in [1.165, 1.54) is 0 Å². The Kier molecular flexibility index (Phi) is 13.8. The Morgan fingerprint density at radius 2 is 1.29 bits per heavy atom. The summed E-state index contributed by atoms with van der Waals surface area (Å²) in [5.41, 5.74) is 0. The first-order chi connectivity index (χ1) is 2.00. The average molecular weight is 222 g/mol. The molecule has 0 N–H and O–H groups in total. The normalized spacial score (nSPS) is 8.29. The Bertz CT molecular complexity index is 96.1. The zero-order valence-electron chi connectivity index (χ0n) is 4.04. The van der Waals surface area contributed by atoms with E-state index in [4.69, 9.17) is 10.0 Å². The van der Waals surface area contributed by atoms with E-state index >= 15 is 0 Å². The fourth-order valence-corrected chi connectivity index (χ4v) is 0. The van der Waals surface area contributed by atoms with E-state index in [0.29, 0.717) is 0 Å². The average Bonchev–Trinajstić information content (AvgIpc) is 0.722. The fraction of sp³-hybridized carbons (Fsp3) is 0. The van der Waals surface area contributed by atoms with Gasteiger partial charge in [-0.15, -0.1) is 0 Å². The smallest absolute Gasteiger partial charge is 1.00 e. The van der Waals surface area contributed by atoms with Gasteiger partial charge in [0.2, 0.25) is 0 Å². The van der Waals surface area contributed by atoms with Gasteiger partial charge in [0.05, 0.1) is 0 Å². The van der Waals surface area contributed by atoms with Gasteiger partial charge in [-0.25, -0.2) is 0 Å². The predicted molar refractivity (Wildman–Crippen MR) is 14.0 cm³/mol. The molecule has 7 heavy (non-hydrogen) atoms. The number of rotatable bonds is 0. The van der Waals surface area contributed by atoms with Crippen molar-refractivity contribution in [2.75, 3.05) is 0 Å². The predicted octanol–water partition coefficient (Wildman–Crippen LogP) is -8.22. The first kappa shape index (κ1) is 16.0. The van der Waals surface area contributed by atoms with E-state index in [0.717, 1.165) is 0 Å². The topological polar surface area (TPSA) is 63.2 Å². The van der Waals surface area contributed by atoms with Crippen molar-refractivity contribution in [1.29, 1.82) is 0 Å². The Morgan fingerprint density at radius 1 is 1.29 bits per heavy atom. The van der Waals surface area contributed by atoms with Gasteiger partial charge in [-0.2, -0.15) is 0 Å². The molecule has 0 atom stereocenters. The second kappa shape index (κ2) is 6.05. The van der Waals surface area contributed by atoms with Crippen LogP contribution in [0.15, 0.2) is 0 Å². The summed E-state index contributed by atoms with van der Waals surface area (Å²) in [6, 6.07) is 0. The van der Waals surface area contributed by atoms with Gasteiger partial charge >= 0.3 is 74.2 Å². The van der Waals surface area contributed by atoms with Crippen molar-refractivity contribution in [3.63, 3.8) is 0 Å². The van der Waals surface area contributed by atoms with E-state index in [2.05, 4.69) is 9.34 Å². The molecule has 0 heterocycles. The third kappa shape index (κ3) is 75.1. The maximum Gasteiger partial charge on any atom is 1.00 e. The molecule has 0 aliphatic heterocycles. The van der Waals surface area contributed by atoms with Gasteiger partial charge in [0.15, 0.2) is 0 Å². The zero-order valence-corrected chi connectivity index (χ0v) is 7.19. The summed E-state index contributed by atoms with van der Waals surface area (Å²) in [5.74, 6) is 0. The Hall–Kier alpha value is 1.92. The Balaban J connectivity index is -0.0000000800. The monoisotopic (exact) mass is 224 g/mol. The second-order valence-corrected chi connectivity index (χ2v) is 5.48. The van der Waals surface area contributed by atoms with Crippen molar-refractivity contribution < 1.29 is 47.8 Å². The van der Waals surface area contributed by atoms with Gasteiger partial charge in [0, 0.05) is 0 Å². The summed E-state index contributed by atoms with van der Waals surface area (Å²) in [4.78, 5) is 0. The van der Waals surface area contributed by atoms with E-state index in [1.807, 2.05) is 0 Å². The third-order valence-electron chi connectivity index (χ3n) is 0. The molecule has 0 aromatic carbocycles. The Labute approximate surface area is 73.3 Å². The second-order valence-electron chi connectivity index (χ2n) is 0.408. The van der Waals surface area contributed by atoms with Gasteiger partial charge in [0.1, 0.15) is 0 Å². The van der Waals surface area contributed by atoms with Crippen molar-refractivity contribution in [3.05, 3.63) is 0 Å². The van der Waals surface area contributed by atoms with E-state index in [1.54, 1.807) is 0 Å². The SMILES string of the molecule is O=[Te]([O-])([O-])=S.[Li+].[Li+]. The maximum absolute atomic E-state index is 9.00. The summed E-state index contributed by atoms with van der Waals surface area (Å²) in [6.45, 7) is 0. The molecule has 0 amide bonds. The van der Waals surface area contributed by atoms with E-state index in [-0.39, 0.29) is 37.7 Å². The summed E-state index contributed by atoms with van der Waals surface area (Å²) < 4.78 is 27.0. The molecule has 0 spiro atoms. The molecule has 32 valence electrons. The van der Waals surface area contributed by atoms with Crippen LogP contribution in [-0.2, 0) is 3.10 Å². The minimum atomic E-state index is -5.19. The van der Waals surface area contributed by atoms with Crippen molar-refractivity contribution in [2.45, 2.75) is 0 Å². The Morgan fingerprint density at radius 3 is 1.29 bits per heavy atom. The van der Waals surface area contributed by atoms with E-state index in [9.17, 15) is 0 Å². The van der Waals surface area contributed by atoms with Crippen LogP contribution < -0.4 is 44.7 Å². The van der Waals surface area contributed by atoms with Crippen LogP contribution in [0.1, 0.15) is 0 Å². The standard InChI is InChI=1S/2Li.H2O3STe/c;;1-5(2,3)4/h;;(H2,1,2,3,4)/q2*+1;/p-2. The quantitative estimate of drug-likeness (QED) is 0.381. The van der Waals surface area contributed by atoms with Crippen LogP contribution in [0.2, 0.25) is 0 Å². The zero-order chi connectivity index (χ0) is 4.50. The molecular weight excluding hydrogens is 222 g/mol. The fourth-order valence-electron chi connectivity index (χ4n) is 0. The van der Waals surface area contributed by atoms with Crippen LogP contribution in [0.25, 0.3) is 0 Å². The molecule has 0 aliphatic rings. The van der Waals surface area contributed by atoms with Gasteiger partial charge in [-0.05, 0) is 0 Å². The van der Waals surface area contributed by atoms with Gasteiger partial charge in [-0.1, -0.05) is 0 Å². The summed E-state index contributed by atoms with van der Waals surface area (Å²) in [5, 5.41) is 0. The van der Waals surface area contributed by atoms with Crippen LogP contribution in [0.3, 0.4) is 0 Å².